The van der Waals surface area contributed by atoms with Gasteiger partial charge in [-0.1, -0.05) is 12.1 Å². The first-order chi connectivity index (χ1) is 9.15. The lowest BCUT2D eigenvalue weighted by Crippen LogP contribution is -2.27. The molecule has 0 radical (unpaired) electrons. The van der Waals surface area contributed by atoms with Crippen LogP contribution >= 0.6 is 0 Å². The average Bonchev–Trinajstić information content (AvgIpc) is 2.90. The van der Waals surface area contributed by atoms with E-state index in [1.807, 2.05) is 42.0 Å². The van der Waals surface area contributed by atoms with Crippen molar-refractivity contribution in [3.05, 3.63) is 48.5 Å². The summed E-state index contributed by atoms with van der Waals surface area (Å²) in [4.78, 5) is 15.8. The van der Waals surface area contributed by atoms with Gasteiger partial charge < -0.3 is 15.6 Å². The molecule has 100 valence electrons. The molecule has 0 aliphatic carbocycles. The number of amides is 1. The van der Waals surface area contributed by atoms with Crippen LogP contribution in [0.15, 0.2) is 43.0 Å². The summed E-state index contributed by atoms with van der Waals surface area (Å²) in [7, 11) is 0. The van der Waals surface area contributed by atoms with Gasteiger partial charge in [0.2, 0.25) is 5.91 Å². The first-order valence-corrected chi connectivity index (χ1v) is 6.25. The van der Waals surface area contributed by atoms with Crippen LogP contribution in [0.4, 0.5) is 5.69 Å². The van der Waals surface area contributed by atoms with Crippen molar-refractivity contribution in [3.8, 4) is 0 Å². The molecule has 1 unspecified atom stereocenters. The minimum Gasteiger partial charge on any atom is -0.399 e. The van der Waals surface area contributed by atoms with E-state index in [9.17, 15) is 4.79 Å². The van der Waals surface area contributed by atoms with Gasteiger partial charge in [-0.2, -0.15) is 0 Å². The third-order valence-electron chi connectivity index (χ3n) is 2.97. The predicted molar refractivity (Wildman–Crippen MR) is 74.3 cm³/mol. The monoisotopic (exact) mass is 258 g/mol. The highest BCUT2D eigenvalue weighted by Gasteiger charge is 2.09. The molecule has 3 N–H and O–H groups in total. The summed E-state index contributed by atoms with van der Waals surface area (Å²) in [5.41, 5.74) is 7.40. The van der Waals surface area contributed by atoms with Gasteiger partial charge in [0.25, 0.3) is 0 Å². The Morgan fingerprint density at radius 2 is 2.16 bits per heavy atom. The molecular weight excluding hydrogens is 240 g/mol. The molecule has 1 atom stereocenters. The summed E-state index contributed by atoms with van der Waals surface area (Å²) in [6.07, 6.45) is 5.69. The van der Waals surface area contributed by atoms with Crippen molar-refractivity contribution in [1.82, 2.24) is 14.9 Å². The molecule has 2 aromatic rings. The summed E-state index contributed by atoms with van der Waals surface area (Å²) < 4.78 is 1.88. The number of aromatic nitrogens is 2. The second kappa shape index (κ2) is 6.04. The number of nitrogens with zero attached hydrogens (tertiary/aromatic N) is 2. The number of nitrogen functional groups attached to an aromatic ring is 1. The summed E-state index contributed by atoms with van der Waals surface area (Å²) in [5.74, 6) is 0.0259. The van der Waals surface area contributed by atoms with Crippen LogP contribution in [0.1, 0.15) is 24.9 Å². The van der Waals surface area contributed by atoms with Crippen molar-refractivity contribution >= 4 is 11.6 Å². The molecule has 1 heterocycles. The molecule has 5 nitrogen and oxygen atoms in total. The molecule has 0 spiro atoms. The van der Waals surface area contributed by atoms with Gasteiger partial charge in [0, 0.05) is 31.0 Å². The van der Waals surface area contributed by atoms with Crippen LogP contribution in [0.5, 0.6) is 0 Å². The van der Waals surface area contributed by atoms with Gasteiger partial charge in [0.1, 0.15) is 0 Å². The molecule has 0 saturated heterocycles. The third kappa shape index (κ3) is 3.84. The molecule has 0 aliphatic rings. The lowest BCUT2D eigenvalue weighted by Gasteiger charge is -2.14. The van der Waals surface area contributed by atoms with Crippen molar-refractivity contribution in [2.24, 2.45) is 0 Å². The number of imidazole rings is 1. The van der Waals surface area contributed by atoms with E-state index in [2.05, 4.69) is 10.3 Å². The summed E-state index contributed by atoms with van der Waals surface area (Å²) in [6, 6.07) is 7.51. The summed E-state index contributed by atoms with van der Waals surface area (Å²) in [6.45, 7) is 2.60. The number of nitrogens with two attached hydrogens (primary N) is 1. The second-order valence-corrected chi connectivity index (χ2v) is 4.51. The lowest BCUT2D eigenvalue weighted by molar-refractivity contribution is -0.121. The van der Waals surface area contributed by atoms with Gasteiger partial charge in [-0.15, -0.1) is 0 Å². The number of aryl methyl sites for hydroxylation is 1. The van der Waals surface area contributed by atoms with E-state index in [4.69, 9.17) is 5.73 Å². The van der Waals surface area contributed by atoms with Gasteiger partial charge in [-0.25, -0.2) is 4.98 Å². The molecule has 0 aliphatic heterocycles. The maximum atomic E-state index is 11.8. The van der Waals surface area contributed by atoms with E-state index in [0.717, 1.165) is 11.3 Å². The van der Waals surface area contributed by atoms with Crippen LogP contribution in [-0.2, 0) is 11.3 Å². The Morgan fingerprint density at radius 1 is 1.42 bits per heavy atom. The standard InChI is InChI=1S/C14H18N4O/c1-11(12-2-4-13(15)5-3-12)17-14(19)6-8-18-9-7-16-10-18/h2-5,7,9-11H,6,8,15H2,1H3,(H,17,19). The van der Waals surface area contributed by atoms with Crippen molar-refractivity contribution in [2.75, 3.05) is 5.73 Å². The quantitative estimate of drug-likeness (QED) is 0.802. The number of carbonyl (C=O) groups excluding carboxylic acids is 1. The highest BCUT2D eigenvalue weighted by Crippen LogP contribution is 2.14. The highest BCUT2D eigenvalue weighted by molar-refractivity contribution is 5.76. The normalized spacial score (nSPS) is 12.1. The molecule has 19 heavy (non-hydrogen) atoms. The molecule has 2 rings (SSSR count). The fourth-order valence-corrected chi connectivity index (χ4v) is 1.83. The zero-order valence-corrected chi connectivity index (χ0v) is 10.9. The SMILES string of the molecule is CC(NC(=O)CCn1ccnc1)c1ccc(N)cc1. The van der Waals surface area contributed by atoms with E-state index < -0.39 is 0 Å². The van der Waals surface area contributed by atoms with Gasteiger partial charge in [0.15, 0.2) is 0 Å². The summed E-state index contributed by atoms with van der Waals surface area (Å²) >= 11 is 0. The van der Waals surface area contributed by atoms with E-state index >= 15 is 0 Å². The Bertz CT molecular complexity index is 519. The molecule has 5 heteroatoms. The van der Waals surface area contributed by atoms with Gasteiger partial charge in [-0.3, -0.25) is 4.79 Å². The van der Waals surface area contributed by atoms with Gasteiger partial charge in [0.05, 0.1) is 12.4 Å². The fourth-order valence-electron chi connectivity index (χ4n) is 1.83. The zero-order valence-electron chi connectivity index (χ0n) is 10.9. The van der Waals surface area contributed by atoms with Crippen LogP contribution in [0.2, 0.25) is 0 Å². The van der Waals surface area contributed by atoms with E-state index in [0.29, 0.717) is 13.0 Å². The Labute approximate surface area is 112 Å². The summed E-state index contributed by atoms with van der Waals surface area (Å²) in [5, 5.41) is 2.96. The number of rotatable bonds is 5. The molecule has 0 fully saturated rings. The first kappa shape index (κ1) is 13.1. The third-order valence-corrected chi connectivity index (χ3v) is 2.97. The molecular formula is C14H18N4O. The van der Waals surface area contributed by atoms with E-state index in [-0.39, 0.29) is 11.9 Å². The van der Waals surface area contributed by atoms with Crippen LogP contribution in [0, 0.1) is 0 Å². The predicted octanol–water partition coefficient (Wildman–Crippen LogP) is 1.73. The van der Waals surface area contributed by atoms with Crippen LogP contribution in [-0.4, -0.2) is 15.5 Å². The van der Waals surface area contributed by atoms with Crippen LogP contribution < -0.4 is 11.1 Å². The number of anilines is 1. The number of hydrogen-bond donors (Lipinski definition) is 2. The zero-order chi connectivity index (χ0) is 13.7. The molecule has 0 saturated carbocycles. The van der Waals surface area contributed by atoms with Gasteiger partial charge >= 0.3 is 0 Å². The van der Waals surface area contributed by atoms with Crippen molar-refractivity contribution in [3.63, 3.8) is 0 Å². The van der Waals surface area contributed by atoms with Crippen LogP contribution in [0.3, 0.4) is 0 Å². The first-order valence-electron chi connectivity index (χ1n) is 6.25. The minimum absolute atomic E-state index is 0.0177. The number of hydrogen-bond acceptors (Lipinski definition) is 3. The largest absolute Gasteiger partial charge is 0.399 e. The molecule has 1 aromatic carbocycles. The molecule has 0 bridgehead atoms. The maximum absolute atomic E-state index is 11.8. The lowest BCUT2D eigenvalue weighted by atomic mass is 10.1. The van der Waals surface area contributed by atoms with Crippen LogP contribution in [0.25, 0.3) is 0 Å². The molecule has 1 amide bonds. The highest BCUT2D eigenvalue weighted by atomic mass is 16.1. The fraction of sp³-hybridized carbons (Fsp3) is 0.286. The minimum atomic E-state index is -0.0177. The Morgan fingerprint density at radius 3 is 2.79 bits per heavy atom. The number of benzene rings is 1. The number of carbonyl (C=O) groups is 1. The maximum Gasteiger partial charge on any atom is 0.222 e. The second-order valence-electron chi connectivity index (χ2n) is 4.51. The Hall–Kier alpha value is -2.30. The van der Waals surface area contributed by atoms with Gasteiger partial charge in [-0.05, 0) is 24.6 Å². The molecule has 1 aromatic heterocycles. The smallest absolute Gasteiger partial charge is 0.222 e. The van der Waals surface area contributed by atoms with Crippen molar-refractivity contribution in [1.29, 1.82) is 0 Å². The van der Waals surface area contributed by atoms with Crippen molar-refractivity contribution < 1.29 is 4.79 Å². The van der Waals surface area contributed by atoms with Crippen molar-refractivity contribution in [2.45, 2.75) is 25.9 Å². The Kier molecular flexibility index (Phi) is 4.18. The number of nitrogens with one attached hydrogen (secondary N) is 1. The average molecular weight is 258 g/mol. The van der Waals surface area contributed by atoms with E-state index in [1.54, 1.807) is 12.5 Å². The topological polar surface area (TPSA) is 72.9 Å². The Balaban J connectivity index is 1.83. The van der Waals surface area contributed by atoms with E-state index in [1.165, 1.54) is 0 Å².